The molecule has 0 amide bonds. The Kier molecular flexibility index (Phi) is 22.9. The van der Waals surface area contributed by atoms with Crippen LogP contribution in [-0.2, 0) is 62.0 Å². The monoisotopic (exact) mass is 1270 g/mol. The fourth-order valence-electron chi connectivity index (χ4n) is 16.1. The van der Waals surface area contributed by atoms with Gasteiger partial charge in [0.05, 0.1) is 54.4 Å². The zero-order chi connectivity index (χ0) is 62.5. The first-order chi connectivity index (χ1) is 39.6. The molecule has 0 spiro atoms. The average Bonchev–Trinajstić information content (AvgIpc) is 1.37. The summed E-state index contributed by atoms with van der Waals surface area (Å²) in [5.74, 6) is -0.997. The summed E-state index contributed by atoms with van der Waals surface area (Å²) in [6, 6.07) is 0. The first-order valence-electron chi connectivity index (χ1n) is 30.4. The summed E-state index contributed by atoms with van der Waals surface area (Å²) in [7, 11) is -5.13. The van der Waals surface area contributed by atoms with Gasteiger partial charge in [-0.15, -0.1) is 0 Å². The second kappa shape index (κ2) is 27.6. The molecule has 5 heterocycles. The van der Waals surface area contributed by atoms with Gasteiger partial charge >= 0.3 is 29.6 Å². The van der Waals surface area contributed by atoms with Gasteiger partial charge in [-0.05, 0) is 121 Å². The van der Waals surface area contributed by atoms with E-state index in [0.717, 1.165) is 18.4 Å². The number of hydrogen-bond donors (Lipinski definition) is 13. The van der Waals surface area contributed by atoms with Crippen LogP contribution in [0.2, 0.25) is 0 Å². The Balaban J connectivity index is 0.00000961. The van der Waals surface area contributed by atoms with E-state index in [0.29, 0.717) is 31.6 Å². The summed E-state index contributed by atoms with van der Waals surface area (Å²) >= 11 is 0. The van der Waals surface area contributed by atoms with Crippen LogP contribution >= 0.6 is 0 Å². The molecule has 5 aliphatic heterocycles. The summed E-state index contributed by atoms with van der Waals surface area (Å²) < 4.78 is 103. The molecular weight excluding hydrogens is 1170 g/mol. The summed E-state index contributed by atoms with van der Waals surface area (Å²) in [6.45, 7) is 17.3. The molecule has 0 aromatic carbocycles. The van der Waals surface area contributed by atoms with Crippen LogP contribution in [0.4, 0.5) is 0 Å². The quantitative estimate of drug-likeness (QED) is 0.0281. The molecule has 0 unspecified atom stereocenters. The molecule has 8 fully saturated rings. The van der Waals surface area contributed by atoms with Gasteiger partial charge in [-0.1, -0.05) is 52.2 Å². The number of fused-ring (bicyclic) bond motifs is 5. The maximum absolute atomic E-state index is 12.5. The van der Waals surface area contributed by atoms with Crippen LogP contribution in [0.1, 0.15) is 127 Å². The maximum Gasteiger partial charge on any atom is 1.00 e. The van der Waals surface area contributed by atoms with Crippen molar-refractivity contribution in [2.45, 2.75) is 304 Å². The van der Waals surface area contributed by atoms with Crippen molar-refractivity contribution < 1.29 is 160 Å². The Hall–Kier alpha value is -0.310. The van der Waals surface area contributed by atoms with Crippen molar-refractivity contribution in [2.75, 3.05) is 0 Å². The van der Waals surface area contributed by atoms with Crippen LogP contribution in [0, 0.1) is 40.4 Å². The smallest absolute Gasteiger partial charge is 0.726 e. The van der Waals surface area contributed by atoms with Crippen molar-refractivity contribution >= 4 is 10.4 Å². The van der Waals surface area contributed by atoms with Crippen LogP contribution in [0.15, 0.2) is 11.6 Å². The van der Waals surface area contributed by atoms with Gasteiger partial charge in [0.15, 0.2) is 31.5 Å². The molecular formula is C57H95NaO27S. The van der Waals surface area contributed by atoms with Crippen molar-refractivity contribution in [2.24, 2.45) is 40.4 Å². The topological polar surface area (TPSA) is 422 Å². The third-order valence-electron chi connectivity index (χ3n) is 20.8. The van der Waals surface area contributed by atoms with Gasteiger partial charge in [-0.2, -0.15) is 0 Å². The molecule has 492 valence electrons. The number of hydrogen-bond acceptors (Lipinski definition) is 27. The van der Waals surface area contributed by atoms with E-state index in [2.05, 4.69) is 33.8 Å². The number of ether oxygens (including phenoxy) is 10. The molecule has 9 rings (SSSR count). The molecule has 86 heavy (non-hydrogen) atoms. The molecule has 3 saturated carbocycles. The van der Waals surface area contributed by atoms with Gasteiger partial charge in [0.1, 0.15) is 91.6 Å². The maximum atomic E-state index is 12.5. The Morgan fingerprint density at radius 3 is 1.62 bits per heavy atom. The van der Waals surface area contributed by atoms with Crippen molar-refractivity contribution in [3.8, 4) is 0 Å². The SMILES string of the molecule is CC(C)CCC[C@@](C)(O)[C@H]1[C@@H](O)C[C@H]2[C@@H]3C[C@H](O[C@@H]4O[C@H](C)[C@@H](O)[C@H](O[C@@H]5O[C@H](C)[C@@H](O[C@@H]6O[C@H](C)[C@@H](O)[C@H](O)[C@H]6O[C@@H]6O[C@H](C)[C@H](O)[C@H](O)[C@H]6O)[C@H](O)[C@H]5O[C@@H]5O[C@H](C)[C@@H](O)[C@H](O)[C@H]5O)[C@H]4O)[C@H]4C[C@@H](OS(=O)(=O)[O-])CC[C@]4(C)C3=CC[C@@]21C.[Na+]. The molecule has 35 atom stereocenters. The zero-order valence-corrected chi connectivity index (χ0v) is 53.7. The van der Waals surface area contributed by atoms with E-state index in [1.807, 2.05) is 6.92 Å². The van der Waals surface area contributed by atoms with E-state index in [9.17, 15) is 79.4 Å². The van der Waals surface area contributed by atoms with Gasteiger partial charge in [0, 0.05) is 5.92 Å². The van der Waals surface area contributed by atoms with Crippen molar-refractivity contribution in [1.29, 1.82) is 0 Å². The average molecular weight is 1270 g/mol. The second-order valence-electron chi connectivity index (χ2n) is 27.2. The van der Waals surface area contributed by atoms with E-state index in [1.165, 1.54) is 34.6 Å². The minimum absolute atomic E-state index is 0. The Morgan fingerprint density at radius 2 is 1.07 bits per heavy atom. The summed E-state index contributed by atoms with van der Waals surface area (Å²) in [4.78, 5) is 0. The summed E-state index contributed by atoms with van der Waals surface area (Å²) in [5.41, 5.74) is -1.37. The normalized spacial score (nSPS) is 52.5. The van der Waals surface area contributed by atoms with E-state index < -0.39 is 211 Å². The third-order valence-corrected chi connectivity index (χ3v) is 21.3. The van der Waals surface area contributed by atoms with Crippen LogP contribution in [0.5, 0.6) is 0 Å². The van der Waals surface area contributed by atoms with Gasteiger partial charge in [-0.25, -0.2) is 8.42 Å². The van der Waals surface area contributed by atoms with Gasteiger partial charge in [0.25, 0.3) is 0 Å². The zero-order valence-electron chi connectivity index (χ0n) is 50.9. The number of aliphatic hydroxyl groups is 13. The second-order valence-corrected chi connectivity index (χ2v) is 28.2. The first-order valence-corrected chi connectivity index (χ1v) is 31.7. The molecule has 0 bridgehead atoms. The minimum atomic E-state index is -5.13. The molecule has 4 aliphatic carbocycles. The van der Waals surface area contributed by atoms with Gasteiger partial charge in [0.2, 0.25) is 10.4 Å². The molecule has 27 nitrogen and oxygen atoms in total. The molecule has 0 aromatic heterocycles. The number of rotatable bonds is 17. The largest absolute Gasteiger partial charge is 1.00 e. The summed E-state index contributed by atoms with van der Waals surface area (Å²) in [6.07, 6.45) is -37.4. The molecule has 5 saturated heterocycles. The van der Waals surface area contributed by atoms with Crippen molar-refractivity contribution in [1.82, 2.24) is 0 Å². The third kappa shape index (κ3) is 14.1. The van der Waals surface area contributed by atoms with Gasteiger partial charge < -0.3 is 118 Å². The predicted molar refractivity (Wildman–Crippen MR) is 288 cm³/mol. The molecule has 13 N–H and O–H groups in total. The predicted octanol–water partition coefficient (Wildman–Crippen LogP) is -4.81. The fraction of sp³-hybridized carbons (Fsp3) is 0.965. The van der Waals surface area contributed by atoms with Crippen LogP contribution in [-0.4, -0.2) is 257 Å². The van der Waals surface area contributed by atoms with Crippen molar-refractivity contribution in [3.63, 3.8) is 0 Å². The molecule has 9 aliphatic rings. The number of aliphatic hydroxyl groups excluding tert-OH is 12. The van der Waals surface area contributed by atoms with Crippen LogP contribution in [0.25, 0.3) is 0 Å². The van der Waals surface area contributed by atoms with E-state index in [4.69, 9.17) is 51.6 Å². The van der Waals surface area contributed by atoms with E-state index in [1.54, 1.807) is 0 Å². The van der Waals surface area contributed by atoms with Crippen LogP contribution in [0.3, 0.4) is 0 Å². The standard InChI is InChI=1S/C57H96O27S.Na/c1-21(2)12-11-15-57(10,70)49-32(58)20-30-28-19-33(31-18-27(84-85(71,72)73)13-16-55(31,8)29(28)14-17-56(30,49)9)79-52-44(69)46(37(62)25(6)76-52)81-54-48(83-51-42(67)39(64)35(60)23(4)75-51)43(68)45(26(7)78-54)80-53-47(40(65)36(61)24(5)77-53)82-50-41(66)38(63)34(59)22(3)74-50;/h14,21-28,30-54,58-70H,11-13,15-20H2,1-10H3,(H,71,72,73);/q;+1/p-1/t22-,23-,24-,25-,26-,27+,28-,30+,31-,32+,33+,34+,35-,36-,37-,38+,39+,40+,41-,42-,43+,44-,45-,46+,47-,48-,49+,50+,51+,52+,53+,54+,55-,56+,57-;/m1./s1. The van der Waals surface area contributed by atoms with Gasteiger partial charge in [-0.3, -0.25) is 4.18 Å². The molecule has 0 radical (unpaired) electrons. The van der Waals surface area contributed by atoms with E-state index in [-0.39, 0.29) is 60.7 Å². The Morgan fingerprint density at radius 1 is 0.593 bits per heavy atom. The summed E-state index contributed by atoms with van der Waals surface area (Å²) in [5, 5.41) is 148. The number of allylic oxidation sites excluding steroid dienone is 2. The Labute approximate surface area is 524 Å². The minimum Gasteiger partial charge on any atom is -0.726 e. The molecule has 29 heteroatoms. The van der Waals surface area contributed by atoms with E-state index >= 15 is 0 Å². The molecule has 0 aromatic rings. The van der Waals surface area contributed by atoms with Crippen LogP contribution < -0.4 is 29.6 Å². The fourth-order valence-corrected chi connectivity index (χ4v) is 16.6. The first kappa shape index (κ1) is 71.5. The van der Waals surface area contributed by atoms with Crippen molar-refractivity contribution in [3.05, 3.63) is 11.6 Å². The Bertz CT molecular complexity index is 2400.